The molecule has 0 bridgehead atoms. The number of rotatable bonds is 2. The number of halogens is 3. The molecule has 2 rings (SSSR count). The number of aromatic nitrogens is 1. The molecule has 1 heterocycles. The van der Waals surface area contributed by atoms with Crippen LogP contribution in [-0.2, 0) is 0 Å². The Morgan fingerprint density at radius 1 is 1.39 bits per heavy atom. The molecule has 1 aromatic carbocycles. The fourth-order valence-corrected chi connectivity index (χ4v) is 1.99. The second kappa shape index (κ2) is 5.34. The summed E-state index contributed by atoms with van der Waals surface area (Å²) in [6, 6.07) is 7.67. The van der Waals surface area contributed by atoms with Gasteiger partial charge in [-0.2, -0.15) is 5.26 Å². The Morgan fingerprint density at radius 3 is 2.83 bits per heavy atom. The maximum absolute atomic E-state index is 12.9. The molecule has 18 heavy (non-hydrogen) atoms. The Balaban J connectivity index is 2.38. The Bertz CT molecular complexity index is 640. The van der Waals surface area contributed by atoms with Crippen molar-refractivity contribution in [2.75, 3.05) is 5.32 Å². The van der Waals surface area contributed by atoms with E-state index in [2.05, 4.69) is 26.2 Å². The molecule has 0 unspecified atom stereocenters. The van der Waals surface area contributed by atoms with Crippen LogP contribution in [0.4, 0.5) is 15.9 Å². The van der Waals surface area contributed by atoms with Crippen LogP contribution in [0, 0.1) is 17.1 Å². The highest BCUT2D eigenvalue weighted by Gasteiger charge is 2.09. The minimum absolute atomic E-state index is 0.233. The summed E-state index contributed by atoms with van der Waals surface area (Å²) >= 11 is 9.23. The van der Waals surface area contributed by atoms with E-state index in [1.54, 1.807) is 6.07 Å². The van der Waals surface area contributed by atoms with Crippen LogP contribution in [0.3, 0.4) is 0 Å². The minimum atomic E-state index is -0.350. The van der Waals surface area contributed by atoms with Gasteiger partial charge < -0.3 is 5.32 Å². The fraction of sp³-hybridized carbons (Fsp3) is 0. The lowest BCUT2D eigenvalue weighted by Gasteiger charge is -2.09. The summed E-state index contributed by atoms with van der Waals surface area (Å²) in [7, 11) is 0. The summed E-state index contributed by atoms with van der Waals surface area (Å²) in [6.45, 7) is 0. The molecule has 2 aromatic rings. The molecular formula is C12H6BrClFN3. The summed E-state index contributed by atoms with van der Waals surface area (Å²) in [5.41, 5.74) is 0.938. The molecule has 0 saturated heterocycles. The van der Waals surface area contributed by atoms with E-state index in [1.807, 2.05) is 6.07 Å². The van der Waals surface area contributed by atoms with Crippen molar-refractivity contribution >= 4 is 39.0 Å². The third kappa shape index (κ3) is 2.61. The second-order valence-corrected chi connectivity index (χ2v) is 4.61. The van der Waals surface area contributed by atoms with Crippen LogP contribution in [-0.4, -0.2) is 4.98 Å². The van der Waals surface area contributed by atoms with E-state index < -0.39 is 0 Å². The first-order chi connectivity index (χ1) is 8.61. The number of anilines is 2. The van der Waals surface area contributed by atoms with Gasteiger partial charge in [0.25, 0.3) is 0 Å². The predicted octanol–water partition coefficient (Wildman–Crippen LogP) is 4.25. The van der Waals surface area contributed by atoms with Crippen molar-refractivity contribution in [3.05, 3.63) is 51.3 Å². The standard InChI is InChI=1S/C12H6BrClFN3/c13-9-5-8(15)1-2-10(9)18-12-11(14)7(6-16)3-4-17-12/h1-5H,(H,17,18). The molecule has 0 amide bonds. The molecule has 0 aliphatic heterocycles. The highest BCUT2D eigenvalue weighted by atomic mass is 79.9. The SMILES string of the molecule is N#Cc1ccnc(Nc2ccc(F)cc2Br)c1Cl. The molecule has 0 fully saturated rings. The first kappa shape index (κ1) is 12.8. The molecule has 0 atom stereocenters. The maximum atomic E-state index is 12.9. The molecule has 0 aliphatic rings. The molecule has 0 aliphatic carbocycles. The zero-order valence-corrected chi connectivity index (χ0v) is 11.3. The first-order valence-corrected chi connectivity index (χ1v) is 6.05. The van der Waals surface area contributed by atoms with Gasteiger partial charge >= 0.3 is 0 Å². The smallest absolute Gasteiger partial charge is 0.150 e. The zero-order chi connectivity index (χ0) is 13.1. The number of nitrogens with one attached hydrogen (secondary N) is 1. The fourth-order valence-electron chi connectivity index (χ4n) is 1.34. The van der Waals surface area contributed by atoms with E-state index in [0.29, 0.717) is 21.5 Å². The normalized spacial score (nSPS) is 9.89. The lowest BCUT2D eigenvalue weighted by atomic mass is 10.2. The van der Waals surface area contributed by atoms with E-state index in [1.165, 1.54) is 24.4 Å². The van der Waals surface area contributed by atoms with Gasteiger partial charge in [-0.25, -0.2) is 9.37 Å². The molecule has 6 heteroatoms. The minimum Gasteiger partial charge on any atom is -0.338 e. The second-order valence-electron chi connectivity index (χ2n) is 3.38. The van der Waals surface area contributed by atoms with Gasteiger partial charge in [0.1, 0.15) is 16.9 Å². The van der Waals surface area contributed by atoms with Gasteiger partial charge in [-0.05, 0) is 40.2 Å². The van der Waals surface area contributed by atoms with Crippen molar-refractivity contribution in [2.24, 2.45) is 0 Å². The van der Waals surface area contributed by atoms with Crippen LogP contribution < -0.4 is 5.32 Å². The van der Waals surface area contributed by atoms with Gasteiger partial charge in [-0.15, -0.1) is 0 Å². The number of nitrogens with zero attached hydrogens (tertiary/aromatic N) is 2. The molecule has 1 aromatic heterocycles. The average Bonchev–Trinajstić information content (AvgIpc) is 2.35. The highest BCUT2D eigenvalue weighted by molar-refractivity contribution is 9.10. The quantitative estimate of drug-likeness (QED) is 0.897. The van der Waals surface area contributed by atoms with Gasteiger partial charge in [-0.3, -0.25) is 0 Å². The zero-order valence-electron chi connectivity index (χ0n) is 8.92. The third-order valence-corrected chi connectivity index (χ3v) is 3.23. The molecule has 0 spiro atoms. The molecule has 90 valence electrons. The molecule has 3 nitrogen and oxygen atoms in total. The number of benzene rings is 1. The van der Waals surface area contributed by atoms with Crippen molar-refractivity contribution in [1.82, 2.24) is 4.98 Å². The summed E-state index contributed by atoms with van der Waals surface area (Å²) in [5, 5.41) is 12.0. The maximum Gasteiger partial charge on any atom is 0.150 e. The predicted molar refractivity (Wildman–Crippen MR) is 71.3 cm³/mol. The Kier molecular flexibility index (Phi) is 3.80. The Hall–Kier alpha value is -1.64. The largest absolute Gasteiger partial charge is 0.338 e. The van der Waals surface area contributed by atoms with Crippen LogP contribution >= 0.6 is 27.5 Å². The van der Waals surface area contributed by atoms with Crippen molar-refractivity contribution in [3.63, 3.8) is 0 Å². The van der Waals surface area contributed by atoms with E-state index >= 15 is 0 Å². The summed E-state index contributed by atoms with van der Waals surface area (Å²) < 4.78 is 13.5. The lowest BCUT2D eigenvalue weighted by Crippen LogP contribution is -1.97. The molecule has 0 radical (unpaired) electrons. The van der Waals surface area contributed by atoms with Crippen LogP contribution in [0.15, 0.2) is 34.9 Å². The topological polar surface area (TPSA) is 48.7 Å². The molecular weight excluding hydrogens is 321 g/mol. The van der Waals surface area contributed by atoms with Crippen molar-refractivity contribution in [3.8, 4) is 6.07 Å². The van der Waals surface area contributed by atoms with Crippen LogP contribution in [0.1, 0.15) is 5.56 Å². The highest BCUT2D eigenvalue weighted by Crippen LogP contribution is 2.30. The summed E-state index contributed by atoms with van der Waals surface area (Å²) in [5.74, 6) is 0.000261. The van der Waals surface area contributed by atoms with Gasteiger partial charge in [-0.1, -0.05) is 11.6 Å². The van der Waals surface area contributed by atoms with Gasteiger partial charge in [0.05, 0.1) is 11.3 Å². The molecule has 0 saturated carbocycles. The number of hydrogen-bond donors (Lipinski definition) is 1. The van der Waals surface area contributed by atoms with Gasteiger partial charge in [0.15, 0.2) is 5.82 Å². The first-order valence-electron chi connectivity index (χ1n) is 4.88. The van der Waals surface area contributed by atoms with Gasteiger partial charge in [0, 0.05) is 10.7 Å². The van der Waals surface area contributed by atoms with Crippen molar-refractivity contribution < 1.29 is 4.39 Å². The monoisotopic (exact) mass is 325 g/mol. The van der Waals surface area contributed by atoms with E-state index in [9.17, 15) is 4.39 Å². The van der Waals surface area contributed by atoms with E-state index in [0.717, 1.165) is 0 Å². The Labute approximate surface area is 116 Å². The number of nitriles is 1. The number of hydrogen-bond acceptors (Lipinski definition) is 3. The van der Waals surface area contributed by atoms with Crippen molar-refractivity contribution in [1.29, 1.82) is 5.26 Å². The number of pyridine rings is 1. The van der Waals surface area contributed by atoms with Crippen molar-refractivity contribution in [2.45, 2.75) is 0 Å². The molecule has 1 N–H and O–H groups in total. The third-order valence-electron chi connectivity index (χ3n) is 2.19. The average molecular weight is 327 g/mol. The van der Waals surface area contributed by atoms with Crippen LogP contribution in [0.2, 0.25) is 5.02 Å². The summed E-state index contributed by atoms with van der Waals surface area (Å²) in [4.78, 5) is 4.04. The Morgan fingerprint density at radius 2 is 2.17 bits per heavy atom. The van der Waals surface area contributed by atoms with Crippen LogP contribution in [0.5, 0.6) is 0 Å². The van der Waals surface area contributed by atoms with Gasteiger partial charge in [0.2, 0.25) is 0 Å². The van der Waals surface area contributed by atoms with Crippen LogP contribution in [0.25, 0.3) is 0 Å². The summed E-state index contributed by atoms with van der Waals surface area (Å²) in [6.07, 6.45) is 1.48. The lowest BCUT2D eigenvalue weighted by molar-refractivity contribution is 0.627. The van der Waals surface area contributed by atoms with E-state index in [-0.39, 0.29) is 10.8 Å². The van der Waals surface area contributed by atoms with E-state index in [4.69, 9.17) is 16.9 Å².